The highest BCUT2D eigenvalue weighted by Crippen LogP contribution is 2.38. The van der Waals surface area contributed by atoms with Crippen LogP contribution in [0.2, 0.25) is 0 Å². The van der Waals surface area contributed by atoms with E-state index in [1.54, 1.807) is 18.2 Å². The lowest BCUT2D eigenvalue weighted by Crippen LogP contribution is -2.45. The molecule has 1 heterocycles. The zero-order valence-corrected chi connectivity index (χ0v) is 11.5. The van der Waals surface area contributed by atoms with Gasteiger partial charge < -0.3 is 15.2 Å². The lowest BCUT2D eigenvalue weighted by molar-refractivity contribution is 0.0728. The Morgan fingerprint density at radius 1 is 1.35 bits per heavy atom. The molecule has 0 amide bonds. The van der Waals surface area contributed by atoms with Crippen LogP contribution in [0.15, 0.2) is 18.2 Å². The van der Waals surface area contributed by atoms with Crippen molar-refractivity contribution in [3.8, 4) is 11.5 Å². The molecule has 0 saturated carbocycles. The summed E-state index contributed by atoms with van der Waals surface area (Å²) in [6, 6.07) is 4.53. The van der Waals surface area contributed by atoms with Crippen LogP contribution in [-0.2, 0) is 0 Å². The fourth-order valence-corrected chi connectivity index (χ4v) is 2.61. The van der Waals surface area contributed by atoms with E-state index in [1.165, 1.54) is 7.11 Å². The molecule has 0 aromatic heterocycles. The van der Waals surface area contributed by atoms with Crippen LogP contribution >= 0.6 is 0 Å². The first-order valence-corrected chi connectivity index (χ1v) is 6.72. The first-order valence-electron chi connectivity index (χ1n) is 6.72. The summed E-state index contributed by atoms with van der Waals surface area (Å²) < 4.78 is 30.8. The lowest BCUT2D eigenvalue weighted by atomic mass is 9.99. The number of phenolic OH excluding ortho intramolecular Hbond substituents is 1. The van der Waals surface area contributed by atoms with Gasteiger partial charge in [0, 0.05) is 44.2 Å². The van der Waals surface area contributed by atoms with Crippen LogP contribution in [0.1, 0.15) is 18.0 Å². The molecule has 0 radical (unpaired) electrons. The fraction of sp³-hybridized carbons (Fsp3) is 0.571. The number of rotatable bonds is 5. The molecule has 1 aliphatic heterocycles. The summed E-state index contributed by atoms with van der Waals surface area (Å²) in [5.74, 6) is 0.274. The Morgan fingerprint density at radius 2 is 2.05 bits per heavy atom. The maximum atomic E-state index is 12.9. The monoisotopic (exact) mass is 286 g/mol. The van der Waals surface area contributed by atoms with Crippen LogP contribution in [0.3, 0.4) is 0 Å². The maximum Gasteiger partial charge on any atom is 0.240 e. The summed E-state index contributed by atoms with van der Waals surface area (Å²) >= 11 is 0. The molecule has 0 spiro atoms. The average molecular weight is 286 g/mol. The maximum absolute atomic E-state index is 12.9. The Morgan fingerprint density at radius 3 is 2.65 bits per heavy atom. The summed E-state index contributed by atoms with van der Waals surface area (Å²) in [4.78, 5) is 1.98. The number of para-hydroxylation sites is 1. The van der Waals surface area contributed by atoms with E-state index in [-0.39, 0.29) is 12.2 Å². The van der Waals surface area contributed by atoms with Crippen molar-refractivity contribution in [1.82, 2.24) is 10.2 Å². The van der Waals surface area contributed by atoms with Gasteiger partial charge in [0.15, 0.2) is 11.5 Å². The molecule has 1 aromatic rings. The average Bonchev–Trinajstić information content (AvgIpc) is 2.46. The number of benzene rings is 1. The number of ether oxygens (including phenoxy) is 1. The van der Waals surface area contributed by atoms with Crippen LogP contribution in [-0.4, -0.2) is 49.7 Å². The number of phenols is 1. The second-order valence-corrected chi connectivity index (χ2v) is 4.83. The predicted octanol–water partition coefficient (Wildman–Crippen LogP) is 2.00. The molecule has 2 rings (SSSR count). The van der Waals surface area contributed by atoms with Gasteiger partial charge in [-0.3, -0.25) is 4.90 Å². The van der Waals surface area contributed by atoms with Gasteiger partial charge in [-0.1, -0.05) is 12.1 Å². The molecule has 2 N–H and O–H groups in total. The summed E-state index contributed by atoms with van der Waals surface area (Å²) in [6.45, 7) is 2.91. The smallest absolute Gasteiger partial charge is 0.240 e. The number of hydrogen-bond acceptors (Lipinski definition) is 4. The number of methoxy groups -OCH3 is 1. The van der Waals surface area contributed by atoms with Crippen molar-refractivity contribution in [2.45, 2.75) is 18.9 Å². The Labute approximate surface area is 117 Å². The Bertz CT molecular complexity index is 437. The highest BCUT2D eigenvalue weighted by Gasteiger charge is 2.28. The van der Waals surface area contributed by atoms with E-state index in [1.807, 2.05) is 4.90 Å². The van der Waals surface area contributed by atoms with E-state index < -0.39 is 12.5 Å². The lowest BCUT2D eigenvalue weighted by Gasteiger charge is -2.35. The van der Waals surface area contributed by atoms with Gasteiger partial charge >= 0.3 is 0 Å². The van der Waals surface area contributed by atoms with Crippen molar-refractivity contribution in [2.24, 2.45) is 0 Å². The zero-order chi connectivity index (χ0) is 14.5. The highest BCUT2D eigenvalue weighted by atomic mass is 19.3. The number of nitrogens with one attached hydrogen (secondary N) is 1. The topological polar surface area (TPSA) is 44.7 Å². The SMILES string of the molecule is COc1cccc([C@@H](CC(F)F)N2CCNCC2)c1O. The molecule has 1 aliphatic rings. The summed E-state index contributed by atoms with van der Waals surface area (Å²) in [5.41, 5.74) is 0.506. The van der Waals surface area contributed by atoms with Gasteiger partial charge in [0.1, 0.15) is 0 Å². The summed E-state index contributed by atoms with van der Waals surface area (Å²) in [7, 11) is 1.45. The molecule has 20 heavy (non-hydrogen) atoms. The predicted molar refractivity (Wildman–Crippen MR) is 72.5 cm³/mol. The standard InChI is InChI=1S/C14H20F2N2O2/c1-20-12-4-2-3-10(14(12)19)11(9-13(15)16)18-7-5-17-6-8-18/h2-4,11,13,17,19H,5-9H2,1H3/t11-/m1/s1. The first kappa shape index (κ1) is 15.0. The fourth-order valence-electron chi connectivity index (χ4n) is 2.61. The number of aromatic hydroxyl groups is 1. The van der Waals surface area contributed by atoms with E-state index in [2.05, 4.69) is 5.32 Å². The number of halogens is 2. The van der Waals surface area contributed by atoms with Crippen molar-refractivity contribution in [2.75, 3.05) is 33.3 Å². The largest absolute Gasteiger partial charge is 0.504 e. The molecule has 112 valence electrons. The molecule has 0 unspecified atom stereocenters. The summed E-state index contributed by atoms with van der Waals surface area (Å²) in [5, 5.41) is 13.4. The molecule has 0 bridgehead atoms. The van der Waals surface area contributed by atoms with Crippen LogP contribution in [0.25, 0.3) is 0 Å². The van der Waals surface area contributed by atoms with Gasteiger partial charge in [-0.05, 0) is 6.07 Å². The van der Waals surface area contributed by atoms with Crippen molar-refractivity contribution >= 4 is 0 Å². The highest BCUT2D eigenvalue weighted by molar-refractivity contribution is 5.47. The first-order chi connectivity index (χ1) is 9.63. The Hall–Kier alpha value is -1.40. The van der Waals surface area contributed by atoms with Gasteiger partial charge in [-0.15, -0.1) is 0 Å². The molecule has 6 heteroatoms. The zero-order valence-electron chi connectivity index (χ0n) is 11.5. The minimum atomic E-state index is -2.42. The van der Waals surface area contributed by atoms with Crippen molar-refractivity contribution < 1.29 is 18.6 Å². The molecular formula is C14H20F2N2O2. The molecular weight excluding hydrogens is 266 g/mol. The molecule has 4 nitrogen and oxygen atoms in total. The third-order valence-corrected chi connectivity index (χ3v) is 3.60. The van der Waals surface area contributed by atoms with E-state index in [9.17, 15) is 13.9 Å². The van der Waals surface area contributed by atoms with E-state index in [0.717, 1.165) is 13.1 Å². The van der Waals surface area contributed by atoms with Gasteiger partial charge in [0.25, 0.3) is 0 Å². The van der Waals surface area contributed by atoms with E-state index in [4.69, 9.17) is 4.74 Å². The Kier molecular flexibility index (Phi) is 5.14. The number of alkyl halides is 2. The molecule has 1 atom stereocenters. The van der Waals surface area contributed by atoms with Crippen molar-refractivity contribution in [3.05, 3.63) is 23.8 Å². The quantitative estimate of drug-likeness (QED) is 0.869. The van der Waals surface area contributed by atoms with Gasteiger partial charge in [-0.25, -0.2) is 8.78 Å². The molecule has 0 aliphatic carbocycles. The van der Waals surface area contributed by atoms with Gasteiger partial charge in [0.2, 0.25) is 6.43 Å². The third-order valence-electron chi connectivity index (χ3n) is 3.60. The van der Waals surface area contributed by atoms with Gasteiger partial charge in [-0.2, -0.15) is 0 Å². The van der Waals surface area contributed by atoms with Crippen molar-refractivity contribution in [1.29, 1.82) is 0 Å². The van der Waals surface area contributed by atoms with Crippen LogP contribution in [0.4, 0.5) is 8.78 Å². The second-order valence-electron chi connectivity index (χ2n) is 4.83. The third kappa shape index (κ3) is 3.37. The van der Waals surface area contributed by atoms with Crippen LogP contribution in [0.5, 0.6) is 11.5 Å². The normalized spacial score (nSPS) is 18.2. The number of hydrogen-bond donors (Lipinski definition) is 2. The summed E-state index contributed by atoms with van der Waals surface area (Å²) in [6.07, 6.45) is -2.71. The number of nitrogens with zero attached hydrogens (tertiary/aromatic N) is 1. The van der Waals surface area contributed by atoms with Crippen molar-refractivity contribution in [3.63, 3.8) is 0 Å². The Balaban J connectivity index is 2.30. The van der Waals surface area contributed by atoms with Gasteiger partial charge in [0.05, 0.1) is 7.11 Å². The minimum absolute atomic E-state index is 0.0424. The van der Waals surface area contributed by atoms with E-state index >= 15 is 0 Å². The van der Waals surface area contributed by atoms with Crippen LogP contribution < -0.4 is 10.1 Å². The minimum Gasteiger partial charge on any atom is -0.504 e. The molecule has 1 saturated heterocycles. The molecule has 1 fully saturated rings. The molecule has 1 aromatic carbocycles. The number of piperazine rings is 1. The van der Waals surface area contributed by atoms with E-state index in [0.29, 0.717) is 24.4 Å². The van der Waals surface area contributed by atoms with Crippen LogP contribution in [0, 0.1) is 0 Å². The second kappa shape index (κ2) is 6.85.